The fourth-order valence-electron chi connectivity index (χ4n) is 1.13. The average molecular weight is 242 g/mol. The summed E-state index contributed by atoms with van der Waals surface area (Å²) in [6.07, 6.45) is 3.17. The third kappa shape index (κ3) is 4.57. The third-order valence-electron chi connectivity index (χ3n) is 1.85. The summed E-state index contributed by atoms with van der Waals surface area (Å²) in [6.45, 7) is 5.95. The number of aromatic nitrogens is 2. The first-order valence-electron chi connectivity index (χ1n) is 5.51. The van der Waals surface area contributed by atoms with Gasteiger partial charge in [0.05, 0.1) is 0 Å². The standard InChI is InChI=1S/C10H18N4OS/c1-4-5-6-8-13-14-10(16-8)12-9(15)11-7(2)3/h7H,4-6H2,1-3H3,(H2,11,12,14,15). The highest BCUT2D eigenvalue weighted by molar-refractivity contribution is 7.15. The molecule has 1 heterocycles. The van der Waals surface area contributed by atoms with Gasteiger partial charge < -0.3 is 5.32 Å². The van der Waals surface area contributed by atoms with Crippen LogP contribution in [0.4, 0.5) is 9.93 Å². The molecule has 0 aromatic carbocycles. The monoisotopic (exact) mass is 242 g/mol. The van der Waals surface area contributed by atoms with Crippen molar-refractivity contribution in [3.05, 3.63) is 5.01 Å². The van der Waals surface area contributed by atoms with Gasteiger partial charge in [0.15, 0.2) is 0 Å². The number of rotatable bonds is 5. The summed E-state index contributed by atoms with van der Waals surface area (Å²) in [4.78, 5) is 11.4. The number of amides is 2. The molecule has 2 amide bonds. The van der Waals surface area contributed by atoms with Gasteiger partial charge >= 0.3 is 6.03 Å². The summed E-state index contributed by atoms with van der Waals surface area (Å²) in [5.41, 5.74) is 0. The van der Waals surface area contributed by atoms with Crippen LogP contribution in [0.2, 0.25) is 0 Å². The van der Waals surface area contributed by atoms with Crippen molar-refractivity contribution in [1.82, 2.24) is 15.5 Å². The lowest BCUT2D eigenvalue weighted by atomic mass is 10.3. The molecule has 2 N–H and O–H groups in total. The highest BCUT2D eigenvalue weighted by atomic mass is 32.1. The van der Waals surface area contributed by atoms with Crippen LogP contribution in [0.1, 0.15) is 38.6 Å². The predicted molar refractivity (Wildman–Crippen MR) is 65.8 cm³/mol. The van der Waals surface area contributed by atoms with E-state index in [4.69, 9.17) is 0 Å². The van der Waals surface area contributed by atoms with E-state index in [0.29, 0.717) is 5.13 Å². The van der Waals surface area contributed by atoms with Crippen LogP contribution in [0, 0.1) is 0 Å². The molecule has 0 bridgehead atoms. The van der Waals surface area contributed by atoms with Crippen LogP contribution in [-0.2, 0) is 6.42 Å². The Kier molecular flexibility index (Phi) is 5.18. The van der Waals surface area contributed by atoms with Crippen molar-refractivity contribution in [2.24, 2.45) is 0 Å². The SMILES string of the molecule is CCCCc1nnc(NC(=O)NC(C)C)s1. The average Bonchev–Trinajstić information content (AvgIpc) is 2.61. The number of nitrogens with one attached hydrogen (secondary N) is 2. The van der Waals surface area contributed by atoms with Crippen molar-refractivity contribution in [2.75, 3.05) is 5.32 Å². The first-order chi connectivity index (χ1) is 7.61. The van der Waals surface area contributed by atoms with Crippen molar-refractivity contribution in [3.63, 3.8) is 0 Å². The first kappa shape index (κ1) is 12.9. The van der Waals surface area contributed by atoms with Crippen molar-refractivity contribution in [1.29, 1.82) is 0 Å². The molecular formula is C10H18N4OS. The Labute approximate surface area is 99.7 Å². The molecule has 0 saturated carbocycles. The molecule has 0 saturated heterocycles. The van der Waals surface area contributed by atoms with E-state index in [9.17, 15) is 4.79 Å². The van der Waals surface area contributed by atoms with E-state index in [2.05, 4.69) is 27.8 Å². The first-order valence-corrected chi connectivity index (χ1v) is 6.33. The van der Waals surface area contributed by atoms with E-state index >= 15 is 0 Å². The van der Waals surface area contributed by atoms with E-state index in [-0.39, 0.29) is 12.1 Å². The molecule has 0 aliphatic heterocycles. The second-order valence-corrected chi connectivity index (χ2v) is 4.92. The lowest BCUT2D eigenvalue weighted by Crippen LogP contribution is -2.34. The van der Waals surface area contributed by atoms with Gasteiger partial charge in [-0.2, -0.15) is 0 Å². The van der Waals surface area contributed by atoms with Crippen molar-refractivity contribution >= 4 is 22.5 Å². The van der Waals surface area contributed by atoms with Gasteiger partial charge in [-0.15, -0.1) is 10.2 Å². The molecule has 1 rings (SSSR count). The Balaban J connectivity index is 2.42. The molecule has 5 nitrogen and oxygen atoms in total. The second-order valence-electron chi connectivity index (χ2n) is 3.86. The number of anilines is 1. The van der Waals surface area contributed by atoms with Crippen molar-refractivity contribution in [2.45, 2.75) is 46.1 Å². The summed E-state index contributed by atoms with van der Waals surface area (Å²) in [5, 5.41) is 14.9. The van der Waals surface area contributed by atoms with Crippen LogP contribution >= 0.6 is 11.3 Å². The number of carbonyl (C=O) groups excluding carboxylic acids is 1. The van der Waals surface area contributed by atoms with Gasteiger partial charge in [0.2, 0.25) is 5.13 Å². The molecule has 0 spiro atoms. The number of carbonyl (C=O) groups is 1. The van der Waals surface area contributed by atoms with Gasteiger partial charge in [-0.1, -0.05) is 24.7 Å². The highest BCUT2D eigenvalue weighted by Crippen LogP contribution is 2.16. The van der Waals surface area contributed by atoms with Gasteiger partial charge in [0.25, 0.3) is 0 Å². The van der Waals surface area contributed by atoms with Crippen LogP contribution in [0.5, 0.6) is 0 Å². The summed E-state index contributed by atoms with van der Waals surface area (Å²) in [5.74, 6) is 0. The largest absolute Gasteiger partial charge is 0.336 e. The molecule has 0 radical (unpaired) electrons. The fourth-order valence-corrected chi connectivity index (χ4v) is 1.91. The number of hydrogen-bond acceptors (Lipinski definition) is 4. The van der Waals surface area contributed by atoms with Crippen molar-refractivity contribution in [3.8, 4) is 0 Å². The summed E-state index contributed by atoms with van der Waals surface area (Å²) in [6, 6.07) is -0.110. The second kappa shape index (κ2) is 6.42. The van der Waals surface area contributed by atoms with Crippen LogP contribution < -0.4 is 10.6 Å². The summed E-state index contributed by atoms with van der Waals surface area (Å²) < 4.78 is 0. The Morgan fingerprint density at radius 1 is 1.44 bits per heavy atom. The number of unbranched alkanes of at least 4 members (excludes halogenated alkanes) is 1. The lowest BCUT2D eigenvalue weighted by Gasteiger charge is -2.07. The number of aryl methyl sites for hydroxylation is 1. The Morgan fingerprint density at radius 3 is 2.81 bits per heavy atom. The number of urea groups is 1. The topological polar surface area (TPSA) is 66.9 Å². The summed E-state index contributed by atoms with van der Waals surface area (Å²) >= 11 is 1.43. The van der Waals surface area contributed by atoms with Crippen LogP contribution in [0.15, 0.2) is 0 Å². The number of hydrogen-bond donors (Lipinski definition) is 2. The van der Waals surface area contributed by atoms with Gasteiger partial charge in [-0.3, -0.25) is 5.32 Å². The van der Waals surface area contributed by atoms with Gasteiger partial charge in [-0.25, -0.2) is 4.79 Å². The normalized spacial score (nSPS) is 10.5. The van der Waals surface area contributed by atoms with E-state index in [1.807, 2.05) is 13.8 Å². The maximum atomic E-state index is 11.4. The molecule has 90 valence electrons. The summed E-state index contributed by atoms with van der Waals surface area (Å²) in [7, 11) is 0. The molecule has 0 unspecified atom stereocenters. The lowest BCUT2D eigenvalue weighted by molar-refractivity contribution is 0.250. The van der Waals surface area contributed by atoms with Gasteiger partial charge in [0.1, 0.15) is 5.01 Å². The molecule has 16 heavy (non-hydrogen) atoms. The predicted octanol–water partition coefficient (Wildman–Crippen LogP) is 2.41. The molecule has 1 aromatic rings. The molecule has 0 aliphatic rings. The zero-order valence-electron chi connectivity index (χ0n) is 9.91. The van der Waals surface area contributed by atoms with Crippen molar-refractivity contribution < 1.29 is 4.79 Å². The van der Waals surface area contributed by atoms with E-state index in [1.54, 1.807) is 0 Å². The van der Waals surface area contributed by atoms with E-state index in [0.717, 1.165) is 24.3 Å². The van der Waals surface area contributed by atoms with Crippen LogP contribution in [0.3, 0.4) is 0 Å². The minimum absolute atomic E-state index is 0.118. The zero-order chi connectivity index (χ0) is 12.0. The Hall–Kier alpha value is -1.17. The maximum Gasteiger partial charge on any atom is 0.321 e. The van der Waals surface area contributed by atoms with E-state index in [1.165, 1.54) is 11.3 Å². The molecule has 6 heteroatoms. The zero-order valence-corrected chi connectivity index (χ0v) is 10.7. The maximum absolute atomic E-state index is 11.4. The van der Waals surface area contributed by atoms with Crippen LogP contribution in [-0.4, -0.2) is 22.3 Å². The molecule has 0 fully saturated rings. The van der Waals surface area contributed by atoms with Crippen LogP contribution in [0.25, 0.3) is 0 Å². The third-order valence-corrected chi connectivity index (χ3v) is 2.75. The molecule has 1 aromatic heterocycles. The van der Waals surface area contributed by atoms with Gasteiger partial charge in [0, 0.05) is 12.5 Å². The van der Waals surface area contributed by atoms with Gasteiger partial charge in [-0.05, 0) is 20.3 Å². The molecular weight excluding hydrogens is 224 g/mol. The Bertz CT molecular complexity index is 337. The quantitative estimate of drug-likeness (QED) is 0.833. The number of nitrogens with zero attached hydrogens (tertiary/aromatic N) is 2. The highest BCUT2D eigenvalue weighted by Gasteiger charge is 2.08. The molecule has 0 atom stereocenters. The van der Waals surface area contributed by atoms with E-state index < -0.39 is 0 Å². The minimum atomic E-state index is -0.229. The smallest absolute Gasteiger partial charge is 0.321 e. The fraction of sp³-hybridized carbons (Fsp3) is 0.700. The molecule has 0 aliphatic carbocycles. The Morgan fingerprint density at radius 2 is 2.19 bits per heavy atom. The minimum Gasteiger partial charge on any atom is -0.336 e.